The molecular formula is C30H21N5O. The van der Waals surface area contributed by atoms with Crippen LogP contribution in [0.15, 0.2) is 66.9 Å². The Labute approximate surface area is 206 Å². The molecule has 0 saturated heterocycles. The summed E-state index contributed by atoms with van der Waals surface area (Å²) in [7, 11) is 0. The molecule has 6 nitrogen and oxygen atoms in total. The molecule has 0 spiro atoms. The Hall–Kier alpha value is -4.71. The Balaban J connectivity index is 1.31. The third-order valence-corrected chi connectivity index (χ3v) is 7.26. The lowest BCUT2D eigenvalue weighted by Gasteiger charge is -2.22. The van der Waals surface area contributed by atoms with Crippen LogP contribution in [0.4, 0.5) is 0 Å². The van der Waals surface area contributed by atoms with Crippen molar-refractivity contribution in [2.75, 3.05) is 0 Å². The zero-order valence-corrected chi connectivity index (χ0v) is 19.8. The lowest BCUT2D eigenvalue weighted by atomic mass is 9.92. The SMILES string of the molecule is Cc1nc2c3c(ccc2[nH]1)-c1ccc(-c2ccc4c(c2)c2ncccc2c2nc(C)[nH]c42)cc1CO3. The highest BCUT2D eigenvalue weighted by atomic mass is 16.5. The summed E-state index contributed by atoms with van der Waals surface area (Å²) in [6.07, 6.45) is 1.85. The molecule has 0 unspecified atom stereocenters. The van der Waals surface area contributed by atoms with Gasteiger partial charge in [0.15, 0.2) is 5.75 Å². The molecule has 0 saturated carbocycles. The van der Waals surface area contributed by atoms with E-state index < -0.39 is 0 Å². The largest absolute Gasteiger partial charge is 0.486 e. The number of imidazole rings is 2. The summed E-state index contributed by atoms with van der Waals surface area (Å²) in [5.41, 5.74) is 10.7. The van der Waals surface area contributed by atoms with E-state index in [0.717, 1.165) is 77.8 Å². The standard InChI is InChI=1S/C30H21N5O/c1-15-32-25-10-9-22-20-7-5-17(12-19(20)14-36-30(22)29(25)35-15)18-6-8-21-24(13-18)26-23(4-3-11-31-26)28-27(21)33-16(2)34-28/h3-13H,14H2,1-2H3,(H,32,35)(H,33,34). The Morgan fingerprint density at radius 2 is 1.53 bits per heavy atom. The van der Waals surface area contributed by atoms with Crippen molar-refractivity contribution < 1.29 is 4.74 Å². The number of fused-ring (bicyclic) bond motifs is 11. The normalized spacial score (nSPS) is 12.8. The van der Waals surface area contributed by atoms with E-state index in [0.29, 0.717) is 6.61 Å². The minimum Gasteiger partial charge on any atom is -0.486 e. The van der Waals surface area contributed by atoms with Gasteiger partial charge in [-0.05, 0) is 72.5 Å². The first-order chi connectivity index (χ1) is 17.6. The maximum absolute atomic E-state index is 6.24. The van der Waals surface area contributed by atoms with E-state index in [1.165, 1.54) is 11.1 Å². The van der Waals surface area contributed by atoms with Crippen LogP contribution in [-0.4, -0.2) is 24.9 Å². The molecule has 0 atom stereocenters. The van der Waals surface area contributed by atoms with Gasteiger partial charge in [-0.15, -0.1) is 0 Å². The lowest BCUT2D eigenvalue weighted by Crippen LogP contribution is -2.06. The number of aromatic amines is 2. The van der Waals surface area contributed by atoms with E-state index >= 15 is 0 Å². The Kier molecular flexibility index (Phi) is 3.76. The van der Waals surface area contributed by atoms with Crippen LogP contribution in [0.2, 0.25) is 0 Å². The average molecular weight is 468 g/mol. The molecule has 0 aliphatic carbocycles. The van der Waals surface area contributed by atoms with Gasteiger partial charge in [0, 0.05) is 27.9 Å². The van der Waals surface area contributed by atoms with Gasteiger partial charge in [0.1, 0.15) is 23.8 Å². The zero-order chi connectivity index (χ0) is 24.0. The number of aryl methyl sites for hydroxylation is 2. The van der Waals surface area contributed by atoms with E-state index in [1.807, 2.05) is 26.1 Å². The van der Waals surface area contributed by atoms with Crippen LogP contribution in [0.3, 0.4) is 0 Å². The third kappa shape index (κ3) is 2.64. The summed E-state index contributed by atoms with van der Waals surface area (Å²) < 4.78 is 6.24. The fraction of sp³-hybridized carbons (Fsp3) is 0.100. The number of rotatable bonds is 1. The first-order valence-corrected chi connectivity index (χ1v) is 12.1. The summed E-state index contributed by atoms with van der Waals surface area (Å²) in [6, 6.07) is 21.5. The molecule has 0 bridgehead atoms. The number of H-pyrrole nitrogens is 2. The monoisotopic (exact) mass is 467 g/mol. The van der Waals surface area contributed by atoms with Crippen LogP contribution in [0.5, 0.6) is 5.75 Å². The molecule has 6 heteroatoms. The number of hydrogen-bond donors (Lipinski definition) is 2. The van der Waals surface area contributed by atoms with Crippen LogP contribution in [-0.2, 0) is 6.61 Å². The second kappa shape index (κ2) is 6.92. The average Bonchev–Trinajstić information content (AvgIpc) is 3.49. The van der Waals surface area contributed by atoms with Gasteiger partial charge in [-0.25, -0.2) is 9.97 Å². The third-order valence-electron chi connectivity index (χ3n) is 7.26. The summed E-state index contributed by atoms with van der Waals surface area (Å²) in [5.74, 6) is 2.66. The molecule has 36 heavy (non-hydrogen) atoms. The van der Waals surface area contributed by atoms with Crippen molar-refractivity contribution >= 4 is 43.7 Å². The first-order valence-electron chi connectivity index (χ1n) is 12.1. The summed E-state index contributed by atoms with van der Waals surface area (Å²) in [6.45, 7) is 4.48. The van der Waals surface area contributed by atoms with Gasteiger partial charge >= 0.3 is 0 Å². The molecule has 0 fully saturated rings. The molecule has 0 amide bonds. The molecule has 7 aromatic rings. The number of benzene rings is 4. The molecule has 4 heterocycles. The molecule has 1 aliphatic rings. The minimum atomic E-state index is 0.521. The molecule has 1 aliphatic heterocycles. The highest BCUT2D eigenvalue weighted by Crippen LogP contribution is 2.43. The van der Waals surface area contributed by atoms with Crippen molar-refractivity contribution in [3.05, 3.63) is 84.1 Å². The smallest absolute Gasteiger partial charge is 0.155 e. The molecule has 8 rings (SSSR count). The Morgan fingerprint density at radius 1 is 0.722 bits per heavy atom. The number of aromatic nitrogens is 5. The van der Waals surface area contributed by atoms with Gasteiger partial charge in [0.25, 0.3) is 0 Å². The van der Waals surface area contributed by atoms with E-state index in [1.54, 1.807) is 0 Å². The van der Waals surface area contributed by atoms with Gasteiger partial charge in [-0.2, -0.15) is 0 Å². The van der Waals surface area contributed by atoms with Crippen LogP contribution in [0, 0.1) is 13.8 Å². The van der Waals surface area contributed by atoms with Gasteiger partial charge in [0.05, 0.1) is 22.1 Å². The van der Waals surface area contributed by atoms with Crippen molar-refractivity contribution in [3.63, 3.8) is 0 Å². The second-order valence-corrected chi connectivity index (χ2v) is 9.53. The van der Waals surface area contributed by atoms with Crippen molar-refractivity contribution in [1.29, 1.82) is 0 Å². The van der Waals surface area contributed by atoms with Crippen LogP contribution in [0.25, 0.3) is 66.0 Å². The van der Waals surface area contributed by atoms with Gasteiger partial charge in [0.2, 0.25) is 0 Å². The number of ether oxygens (including phenoxy) is 1. The van der Waals surface area contributed by atoms with E-state index in [-0.39, 0.29) is 0 Å². The molecular weight excluding hydrogens is 446 g/mol. The molecule has 2 N–H and O–H groups in total. The Morgan fingerprint density at radius 3 is 2.47 bits per heavy atom. The van der Waals surface area contributed by atoms with Crippen LogP contribution < -0.4 is 4.74 Å². The van der Waals surface area contributed by atoms with Crippen molar-refractivity contribution in [3.8, 4) is 28.0 Å². The van der Waals surface area contributed by atoms with Crippen molar-refractivity contribution in [2.24, 2.45) is 0 Å². The van der Waals surface area contributed by atoms with Gasteiger partial charge in [-0.3, -0.25) is 4.98 Å². The topological polar surface area (TPSA) is 79.5 Å². The number of pyridine rings is 1. The molecule has 3 aromatic heterocycles. The zero-order valence-electron chi connectivity index (χ0n) is 19.8. The predicted molar refractivity (Wildman–Crippen MR) is 143 cm³/mol. The summed E-state index contributed by atoms with van der Waals surface area (Å²) >= 11 is 0. The van der Waals surface area contributed by atoms with E-state index in [2.05, 4.69) is 69.5 Å². The van der Waals surface area contributed by atoms with E-state index in [4.69, 9.17) is 14.7 Å². The van der Waals surface area contributed by atoms with Gasteiger partial charge in [-0.1, -0.05) is 24.3 Å². The van der Waals surface area contributed by atoms with E-state index in [9.17, 15) is 0 Å². The van der Waals surface area contributed by atoms with Crippen molar-refractivity contribution in [1.82, 2.24) is 24.9 Å². The fourth-order valence-corrected chi connectivity index (χ4v) is 5.67. The predicted octanol–water partition coefficient (Wildman–Crippen LogP) is 6.98. The highest BCUT2D eigenvalue weighted by Gasteiger charge is 2.22. The van der Waals surface area contributed by atoms with Gasteiger partial charge < -0.3 is 14.7 Å². The maximum Gasteiger partial charge on any atom is 0.155 e. The lowest BCUT2D eigenvalue weighted by molar-refractivity contribution is 0.305. The number of nitrogens with one attached hydrogen (secondary N) is 2. The maximum atomic E-state index is 6.24. The fourth-order valence-electron chi connectivity index (χ4n) is 5.67. The minimum absolute atomic E-state index is 0.521. The molecule has 172 valence electrons. The Bertz CT molecular complexity index is 2030. The van der Waals surface area contributed by atoms with Crippen LogP contribution >= 0.6 is 0 Å². The highest BCUT2D eigenvalue weighted by molar-refractivity contribution is 6.22. The number of hydrogen-bond acceptors (Lipinski definition) is 4. The quantitative estimate of drug-likeness (QED) is 0.255. The summed E-state index contributed by atoms with van der Waals surface area (Å²) in [4.78, 5) is 20.9. The first kappa shape index (κ1) is 19.6. The van der Waals surface area contributed by atoms with Crippen molar-refractivity contribution in [2.45, 2.75) is 20.5 Å². The summed E-state index contributed by atoms with van der Waals surface area (Å²) in [5, 5.41) is 3.32. The van der Waals surface area contributed by atoms with Crippen LogP contribution in [0.1, 0.15) is 17.2 Å². The molecule has 0 radical (unpaired) electrons. The molecule has 4 aromatic carbocycles. The number of nitrogens with zero attached hydrogens (tertiary/aromatic N) is 3. The second-order valence-electron chi connectivity index (χ2n) is 9.53.